The van der Waals surface area contributed by atoms with Crippen LogP contribution < -0.4 is 4.74 Å². The highest BCUT2D eigenvalue weighted by Crippen LogP contribution is 2.48. The second-order valence-corrected chi connectivity index (χ2v) is 22.5. The number of aliphatic hydroxyl groups excluding tert-OH is 6. The number of hydrogen-bond donors (Lipinski definition) is 9. The van der Waals surface area contributed by atoms with Gasteiger partial charge in [-0.25, -0.2) is 0 Å². The van der Waals surface area contributed by atoms with E-state index in [9.17, 15) is 55.5 Å². The van der Waals surface area contributed by atoms with E-state index < -0.39 is 182 Å². The number of ether oxygens (including phenoxy) is 13. The highest BCUT2D eigenvalue weighted by molar-refractivity contribution is 6.11. The van der Waals surface area contributed by atoms with Crippen molar-refractivity contribution in [3.63, 3.8) is 0 Å². The number of methoxy groups -OCH3 is 2. The third-order valence-corrected chi connectivity index (χ3v) is 16.4. The van der Waals surface area contributed by atoms with Crippen LogP contribution in [0.4, 0.5) is 0 Å². The van der Waals surface area contributed by atoms with E-state index in [-0.39, 0.29) is 71.7 Å². The minimum atomic E-state index is -1.95. The minimum Gasteiger partial charge on any atom is -0.507 e. The maximum absolute atomic E-state index is 15.1. The van der Waals surface area contributed by atoms with Gasteiger partial charge in [-0.15, -0.1) is 0 Å². The number of Topliss-reactive ketones (excluding diaryl/α,β-unsaturated/α-hetero) is 2. The van der Waals surface area contributed by atoms with Gasteiger partial charge in [-0.05, 0) is 84.9 Å². The molecule has 2 aromatic rings. The number of phenolic OH excluding ortho intramolecular Hbond substituents is 2. The van der Waals surface area contributed by atoms with Crippen LogP contribution in [-0.4, -0.2) is 225 Å². The predicted octanol–water partition coefficient (Wildman–Crippen LogP) is 0.976. The molecule has 0 aromatic heterocycles. The van der Waals surface area contributed by atoms with E-state index in [0.29, 0.717) is 0 Å². The summed E-state index contributed by atoms with van der Waals surface area (Å²) < 4.78 is 78.5. The lowest BCUT2D eigenvalue weighted by Crippen LogP contribution is -2.58. The van der Waals surface area contributed by atoms with Gasteiger partial charge in [0.05, 0.1) is 71.5 Å². The number of esters is 1. The predicted molar refractivity (Wildman–Crippen MR) is 273 cm³/mol. The molecule has 1 aliphatic carbocycles. The van der Waals surface area contributed by atoms with E-state index in [4.69, 9.17) is 61.6 Å². The zero-order chi connectivity index (χ0) is 58.6. The summed E-state index contributed by atoms with van der Waals surface area (Å²) in [6.45, 7) is 13.6. The molecule has 0 spiro atoms. The highest BCUT2D eigenvalue weighted by Gasteiger charge is 2.52. The van der Waals surface area contributed by atoms with Crippen LogP contribution in [0, 0.1) is 12.8 Å². The molecule has 5 saturated heterocycles. The van der Waals surface area contributed by atoms with Crippen LogP contribution >= 0.6 is 0 Å². The van der Waals surface area contributed by atoms with Crippen molar-refractivity contribution in [2.24, 2.45) is 5.92 Å². The first kappa shape index (κ1) is 62.2. The molecule has 0 amide bonds. The van der Waals surface area contributed by atoms with E-state index in [1.54, 1.807) is 27.7 Å². The molecule has 8 rings (SSSR count). The van der Waals surface area contributed by atoms with Crippen LogP contribution in [0.25, 0.3) is 10.8 Å². The minimum absolute atomic E-state index is 0.0486. The molecule has 0 bridgehead atoms. The topological polar surface area (TPSA) is 353 Å². The maximum atomic E-state index is 15.1. The Labute approximate surface area is 463 Å². The molecule has 6 aliphatic rings. The summed E-state index contributed by atoms with van der Waals surface area (Å²) in [5, 5.41) is 99.7. The Morgan fingerprint density at radius 2 is 1.26 bits per heavy atom. The summed E-state index contributed by atoms with van der Waals surface area (Å²) in [5.41, 5.74) is -1.49. The first-order valence-corrected chi connectivity index (χ1v) is 27.3. The molecule has 25 nitrogen and oxygen atoms in total. The molecule has 80 heavy (non-hydrogen) atoms. The standard InChI is InChI=1S/C55H80O25/c1-20-32(76-38-18-35(75-27(8)57)51(25(6)73-38)79-36-15-31(58)50(68-10)24(5)72-36)14-29-12-28-13-30(52(69-11)49(65)44(60)21(2)56)53(48(64)42(28)47(63)41(29)43(20)59)80-39-17-33(45(61)23(4)71-39)77-37-16-34(46(62)22(3)70-37)78-40-19-55(9,67)54(66)26(7)74-40/h12,14,21-26,30-31,33-40,44-46,50-54,56,58-63,66-67H,13,15-19H2,1-11H3/t21-,22-,23-,24-,25-,26+,30+,31-,33-,34-,35-,36-,37+,38+,39+,40+,44+,45-,46-,50+,51+,52+,53+,54+,55+/m1/s1. The second-order valence-electron chi connectivity index (χ2n) is 22.5. The fourth-order valence-electron chi connectivity index (χ4n) is 12.0. The summed E-state index contributed by atoms with van der Waals surface area (Å²) in [5.74, 6) is -4.70. The molecule has 5 heterocycles. The first-order valence-electron chi connectivity index (χ1n) is 27.3. The van der Waals surface area contributed by atoms with Gasteiger partial charge >= 0.3 is 5.97 Å². The third-order valence-electron chi connectivity index (χ3n) is 16.4. The summed E-state index contributed by atoms with van der Waals surface area (Å²) >= 11 is 0. The van der Waals surface area contributed by atoms with Gasteiger partial charge in [0.1, 0.15) is 72.2 Å². The average Bonchev–Trinajstić information content (AvgIpc) is 3.38. The lowest BCUT2D eigenvalue weighted by Gasteiger charge is -2.46. The molecular weight excluding hydrogens is 1060 g/mol. The number of fused-ring (bicyclic) bond motifs is 2. The van der Waals surface area contributed by atoms with Crippen LogP contribution in [0.1, 0.15) is 109 Å². The van der Waals surface area contributed by atoms with Gasteiger partial charge in [0, 0.05) is 64.7 Å². The smallest absolute Gasteiger partial charge is 0.303 e. The van der Waals surface area contributed by atoms with Gasteiger partial charge in [0.25, 0.3) is 0 Å². The van der Waals surface area contributed by atoms with Gasteiger partial charge in [-0.2, -0.15) is 0 Å². The molecule has 0 radical (unpaired) electrons. The summed E-state index contributed by atoms with van der Waals surface area (Å²) in [4.78, 5) is 41.4. The Bertz CT molecular complexity index is 2500. The molecule has 9 N–H and O–H groups in total. The van der Waals surface area contributed by atoms with E-state index >= 15 is 4.79 Å². The molecule has 5 aliphatic heterocycles. The molecule has 0 unspecified atom stereocenters. The van der Waals surface area contributed by atoms with E-state index in [1.807, 2.05) is 0 Å². The van der Waals surface area contributed by atoms with Crippen LogP contribution in [0.15, 0.2) is 12.1 Å². The summed E-state index contributed by atoms with van der Waals surface area (Å²) in [6, 6.07) is 3.04. The van der Waals surface area contributed by atoms with Crippen molar-refractivity contribution in [2.75, 3.05) is 14.2 Å². The number of ketones is 2. The molecule has 2 aromatic carbocycles. The molecule has 25 atom stereocenters. The largest absolute Gasteiger partial charge is 0.507 e. The Morgan fingerprint density at radius 1 is 0.713 bits per heavy atom. The monoisotopic (exact) mass is 1140 g/mol. The molecule has 450 valence electrons. The Kier molecular flexibility index (Phi) is 19.6. The van der Waals surface area contributed by atoms with Gasteiger partial charge in [-0.3, -0.25) is 14.4 Å². The van der Waals surface area contributed by atoms with Gasteiger partial charge < -0.3 is 108 Å². The fraction of sp³-hybridized carbons (Fsp3) is 0.764. The van der Waals surface area contributed by atoms with Crippen molar-refractivity contribution >= 4 is 28.3 Å². The lowest BCUT2D eigenvalue weighted by atomic mass is 9.75. The Balaban J connectivity index is 1.04. The van der Waals surface area contributed by atoms with E-state index in [2.05, 4.69) is 0 Å². The number of carbonyl (C=O) groups excluding carboxylic acids is 3. The molecule has 25 heteroatoms. The third kappa shape index (κ3) is 12.9. The Hall–Kier alpha value is -3.81. The second kappa shape index (κ2) is 25.2. The van der Waals surface area contributed by atoms with Crippen molar-refractivity contribution in [3.05, 3.63) is 28.8 Å². The van der Waals surface area contributed by atoms with Gasteiger partial charge in [0.2, 0.25) is 6.29 Å². The molecular formula is C55H80O25. The molecule has 5 fully saturated rings. The van der Waals surface area contributed by atoms with Crippen LogP contribution in [0.3, 0.4) is 0 Å². The van der Waals surface area contributed by atoms with Crippen molar-refractivity contribution in [3.8, 4) is 17.2 Å². The van der Waals surface area contributed by atoms with Gasteiger partial charge in [-0.1, -0.05) is 0 Å². The number of phenols is 2. The zero-order valence-electron chi connectivity index (χ0n) is 46.8. The van der Waals surface area contributed by atoms with Gasteiger partial charge in [0.15, 0.2) is 36.7 Å². The summed E-state index contributed by atoms with van der Waals surface area (Å²) in [6.07, 6.45) is -25.6. The fourth-order valence-corrected chi connectivity index (χ4v) is 12.0. The first-order chi connectivity index (χ1) is 37.6. The average molecular weight is 1140 g/mol. The van der Waals surface area contributed by atoms with Crippen LogP contribution in [0.5, 0.6) is 17.2 Å². The Morgan fingerprint density at radius 3 is 1.84 bits per heavy atom. The maximum Gasteiger partial charge on any atom is 0.303 e. The highest BCUT2D eigenvalue weighted by atomic mass is 16.7. The number of hydrogen-bond acceptors (Lipinski definition) is 25. The van der Waals surface area contributed by atoms with E-state index in [0.717, 1.165) is 0 Å². The quantitative estimate of drug-likeness (QED) is 0.0997. The van der Waals surface area contributed by atoms with Crippen LogP contribution in [0.2, 0.25) is 0 Å². The SMILES string of the molecule is CO[C@@H]1[C@H](O)C[C@@H](O[C@H]2[C@@H](C)O[C@@H](Oc3cc4cc5c(c(O)c4c(O)c3C)C(=O)[C@@H](O[C@H]3C[C@@H](O[C@H]4C[C@@H](O[C@H]6C[C@](C)(O)[C@@H](O)[C@H](C)O6)[C@H](O)[C@@H](C)O4)[C@H](O)[C@@H](C)O3)[C@H]([C@H](OC)C(=O)[C@@H](O)[C@@H](C)O)C5)C[C@H]2OC(C)=O)O[C@@H]1C. The number of carbonyl (C=O) groups is 3. The number of benzene rings is 2. The number of aliphatic hydroxyl groups is 7. The molecule has 0 saturated carbocycles. The summed E-state index contributed by atoms with van der Waals surface area (Å²) in [7, 11) is 2.65. The van der Waals surface area contributed by atoms with Crippen molar-refractivity contribution in [2.45, 2.75) is 248 Å². The van der Waals surface area contributed by atoms with Crippen LogP contribution in [-0.2, 0) is 72.9 Å². The normalized spacial score (nSPS) is 40.9. The lowest BCUT2D eigenvalue weighted by molar-refractivity contribution is -0.334. The number of rotatable bonds is 17. The van der Waals surface area contributed by atoms with Crippen molar-refractivity contribution in [1.29, 1.82) is 0 Å². The van der Waals surface area contributed by atoms with Crippen molar-refractivity contribution in [1.82, 2.24) is 0 Å². The zero-order valence-corrected chi connectivity index (χ0v) is 46.8. The van der Waals surface area contributed by atoms with E-state index in [1.165, 1.54) is 61.0 Å². The number of aromatic hydroxyl groups is 2. The van der Waals surface area contributed by atoms with Crippen molar-refractivity contribution < 1.29 is 122 Å².